The van der Waals surface area contributed by atoms with Crippen LogP contribution >= 0.6 is 0 Å². The summed E-state index contributed by atoms with van der Waals surface area (Å²) in [6.45, 7) is 91.9. The quantitative estimate of drug-likeness (QED) is 0.182. The summed E-state index contributed by atoms with van der Waals surface area (Å²) in [6.07, 6.45) is 0. The summed E-state index contributed by atoms with van der Waals surface area (Å²) < 4.78 is 1.67. The van der Waals surface area contributed by atoms with Gasteiger partial charge < -0.3 is 37.2 Å². The summed E-state index contributed by atoms with van der Waals surface area (Å²) in [7, 11) is -20.9. The minimum atomic E-state index is -3.40. The molecule has 0 amide bonds. The summed E-state index contributed by atoms with van der Waals surface area (Å²) in [5.41, 5.74) is 9.97. The van der Waals surface area contributed by atoms with Crippen LogP contribution in [0.4, 0.5) is 0 Å². The number of allylic oxidation sites excluding steroid dienone is 4. The van der Waals surface area contributed by atoms with Crippen LogP contribution in [0, 0.1) is 20.8 Å². The molecule has 0 aromatic heterocycles. The third-order valence-electron chi connectivity index (χ3n) is 16.5. The Morgan fingerprint density at radius 1 is 0.296 bits per heavy atom. The van der Waals surface area contributed by atoms with Gasteiger partial charge in [0.1, 0.15) is 0 Å². The Bertz CT molecular complexity index is 2330. The van der Waals surface area contributed by atoms with Gasteiger partial charge in [0.15, 0.2) is 0 Å². The van der Waals surface area contributed by atoms with Crippen LogP contribution in [0.2, 0.25) is 182 Å². The summed E-state index contributed by atoms with van der Waals surface area (Å²) in [5.74, 6) is 0. The Labute approximate surface area is 481 Å². The van der Waals surface area contributed by atoms with E-state index in [1.807, 2.05) is 31.1 Å². The third-order valence-corrected chi connectivity index (χ3v) is 44.5. The van der Waals surface area contributed by atoms with Crippen molar-refractivity contribution >= 4 is 143 Å². The van der Waals surface area contributed by atoms with Gasteiger partial charge in [0.25, 0.3) is 0 Å². The topological polar surface area (TPSA) is 0 Å². The average molecular weight is 1230 g/mol. The van der Waals surface area contributed by atoms with E-state index in [1.165, 1.54) is 0 Å². The maximum absolute atomic E-state index is 3.40. The monoisotopic (exact) mass is 1220 g/mol. The summed E-state index contributed by atoms with van der Waals surface area (Å²) in [5, 5.41) is 21.6. The molecule has 1 aliphatic rings. The molecule has 1 atom stereocenters. The second-order valence-electron chi connectivity index (χ2n) is 31.4. The zero-order valence-electron chi connectivity index (χ0n) is 52.4. The van der Waals surface area contributed by atoms with E-state index < -0.39 is 80.7 Å². The second-order valence-corrected chi connectivity index (χ2v) is 81.4. The van der Waals surface area contributed by atoms with Gasteiger partial charge in [0.05, 0.1) is 0 Å². The maximum atomic E-state index is 2.99. The molecule has 14 heteroatoms. The third kappa shape index (κ3) is 12.2. The molecule has 0 nitrogen and oxygen atoms in total. The first-order valence-corrected chi connectivity index (χ1v) is 60.8. The van der Waals surface area contributed by atoms with Crippen LogP contribution in [-0.4, -0.2) is 80.7 Å². The van der Waals surface area contributed by atoms with Crippen molar-refractivity contribution in [1.82, 2.24) is 0 Å². The molecule has 1 unspecified atom stereocenters. The van der Waals surface area contributed by atoms with Crippen molar-refractivity contribution in [3.05, 3.63) is 55.5 Å². The van der Waals surface area contributed by atoms with E-state index in [1.54, 1.807) is 68.4 Å². The van der Waals surface area contributed by atoms with Gasteiger partial charge in [0.2, 0.25) is 0 Å². The predicted molar refractivity (Wildman–Crippen MR) is 344 cm³/mol. The molecule has 0 aliphatic heterocycles. The van der Waals surface area contributed by atoms with Gasteiger partial charge in [-0.1, -0.05) is 0 Å². The van der Waals surface area contributed by atoms with Crippen LogP contribution < -0.4 is 99.5 Å². The molecule has 0 bridgehead atoms. The minimum absolute atomic E-state index is 0. The molecular formula is C57H105Cl3Si10Ti. The van der Waals surface area contributed by atoms with Crippen LogP contribution in [0.25, 0.3) is 0 Å². The van der Waals surface area contributed by atoms with Crippen molar-refractivity contribution in [3.63, 3.8) is 0 Å². The smallest absolute Gasteiger partial charge is 1.00 e. The maximum Gasteiger partial charge on any atom is -1.00 e. The van der Waals surface area contributed by atoms with Crippen molar-refractivity contribution in [3.8, 4) is 0 Å². The van der Waals surface area contributed by atoms with Crippen LogP contribution in [0.1, 0.15) is 44.4 Å². The number of rotatable bonds is 13. The summed E-state index contributed by atoms with van der Waals surface area (Å²) in [6, 6.07) is 8.97. The molecule has 0 saturated carbocycles. The zero-order valence-corrected chi connectivity index (χ0v) is 66.2. The zero-order chi connectivity index (χ0) is 53.6. The fraction of sp³-hybridized carbons (Fsp3) is 0.614. The molecule has 0 saturated heterocycles. The summed E-state index contributed by atoms with van der Waals surface area (Å²) >= 11 is 2.65. The van der Waals surface area contributed by atoms with Gasteiger partial charge in [-0.05, 0) is 0 Å². The van der Waals surface area contributed by atoms with E-state index in [-0.39, 0.29) is 42.3 Å². The number of halogens is 3. The van der Waals surface area contributed by atoms with Crippen LogP contribution in [-0.2, 0) is 20.4 Å². The number of hydrogen-bond acceptors (Lipinski definition) is 0. The van der Waals surface area contributed by atoms with Crippen molar-refractivity contribution in [1.29, 1.82) is 0 Å². The molecule has 1 aliphatic carbocycles. The first-order valence-electron chi connectivity index (χ1n) is 26.5. The normalized spacial score (nSPS) is 17.1. The molecule has 0 fully saturated rings. The molecule has 0 heterocycles. The molecule has 3 aromatic rings. The van der Waals surface area contributed by atoms with E-state index in [9.17, 15) is 0 Å². The SMILES string of the molecule is CC1=C(C)C(C)([Si](c2c([Si](C)(C)C)cc([Si](C)(C)C)c([Si](C)(C)C)c2C)(c2c([Si](C)(C)C)cc([Si](C)(C)C)c([Si](C)(C)C)c2C)c2c([Si](C)(C)C)cc([Si](C)(C)C)c([Si](C)(C)C)c2C)[C]([Ti+3])=C1C.[Cl-].[Cl-].[Cl-]. The molecular weight excluding hydrogens is 1120 g/mol. The van der Waals surface area contributed by atoms with Gasteiger partial charge in [-0.2, -0.15) is 0 Å². The van der Waals surface area contributed by atoms with E-state index in [0.29, 0.717) is 0 Å². The van der Waals surface area contributed by atoms with Crippen molar-refractivity contribution in [2.75, 3.05) is 0 Å². The Hall–Kier alpha value is 0.893. The van der Waals surface area contributed by atoms with Gasteiger partial charge in [-0.3, -0.25) is 0 Å². The molecule has 0 spiro atoms. The fourth-order valence-corrected chi connectivity index (χ4v) is 50.0. The number of hydrogen-bond donors (Lipinski definition) is 0. The van der Waals surface area contributed by atoms with Crippen LogP contribution in [0.15, 0.2) is 38.8 Å². The number of benzene rings is 3. The van der Waals surface area contributed by atoms with Crippen molar-refractivity contribution < 1.29 is 57.7 Å². The van der Waals surface area contributed by atoms with E-state index in [0.717, 1.165) is 0 Å². The minimum Gasteiger partial charge on any atom is -1.00 e. The summed E-state index contributed by atoms with van der Waals surface area (Å²) in [4.78, 5) is 0. The second kappa shape index (κ2) is 21.5. The molecule has 0 radical (unpaired) electrons. The Kier molecular flexibility index (Phi) is 21.2. The molecule has 71 heavy (non-hydrogen) atoms. The predicted octanol–water partition coefficient (Wildman–Crippen LogP) is 1.93. The first kappa shape index (κ1) is 69.9. The Balaban J connectivity index is 0.00000840. The standard InChI is InChI=1S/C57H105Si10.3ClH.Ti/c1-39-38-57(7,44(6)40(39)2)67(54-41(3)51(64(26,27)28)45(58(8,9)10)35-48(54)61(17,18)19,55-42(4)52(65(29,30)31)46(59(11,12)13)36-49(55)62(20,21)22)56-43(5)53(66(32,33)34)47(60(14,15)16)37-50(56)63(23,24)25;;;;/h35-37H,1-34H3;3*1H;/q;;;;+3/p-3. The van der Waals surface area contributed by atoms with Crippen LogP contribution in [0.3, 0.4) is 0 Å². The fourth-order valence-electron chi connectivity index (χ4n) is 13.4. The average Bonchev–Trinajstić information content (AvgIpc) is 3.23. The molecule has 0 N–H and O–H groups in total. The van der Waals surface area contributed by atoms with E-state index >= 15 is 0 Å². The van der Waals surface area contributed by atoms with Crippen LogP contribution in [0.5, 0.6) is 0 Å². The first-order chi connectivity index (χ1) is 29.8. The molecule has 3 aromatic carbocycles. The molecule has 398 valence electrons. The van der Waals surface area contributed by atoms with Gasteiger partial charge in [0, 0.05) is 0 Å². The Morgan fingerprint density at radius 3 is 0.620 bits per heavy atom. The van der Waals surface area contributed by atoms with E-state index in [4.69, 9.17) is 0 Å². The largest absolute Gasteiger partial charge is 1.00 e. The van der Waals surface area contributed by atoms with Gasteiger partial charge in [-0.15, -0.1) is 0 Å². The van der Waals surface area contributed by atoms with Gasteiger partial charge >= 0.3 is 449 Å². The van der Waals surface area contributed by atoms with E-state index in [2.05, 4.69) is 264 Å². The van der Waals surface area contributed by atoms with Crippen molar-refractivity contribution in [2.45, 2.75) is 230 Å². The van der Waals surface area contributed by atoms with Crippen molar-refractivity contribution in [2.24, 2.45) is 0 Å². The Morgan fingerprint density at radius 2 is 0.479 bits per heavy atom. The molecule has 4 rings (SSSR count). The van der Waals surface area contributed by atoms with Gasteiger partial charge in [-0.25, -0.2) is 0 Å².